The van der Waals surface area contributed by atoms with E-state index in [0.29, 0.717) is 11.3 Å². The summed E-state index contributed by atoms with van der Waals surface area (Å²) in [5.41, 5.74) is 0.877. The number of aromatic nitrogens is 2. The Hall–Kier alpha value is -1.65. The van der Waals surface area contributed by atoms with E-state index in [-0.39, 0.29) is 0 Å². The highest BCUT2D eigenvalue weighted by atomic mass is 35.5. The van der Waals surface area contributed by atoms with Gasteiger partial charge in [-0.1, -0.05) is 18.2 Å². The monoisotopic (exact) mass is 317 g/mol. The molecule has 1 unspecified atom stereocenters. The van der Waals surface area contributed by atoms with Crippen LogP contribution in [0.1, 0.15) is 11.8 Å². The molecule has 1 aromatic carbocycles. The minimum atomic E-state index is 0.291. The molecule has 0 bridgehead atoms. The van der Waals surface area contributed by atoms with E-state index in [1.54, 1.807) is 11.3 Å². The predicted molar refractivity (Wildman–Crippen MR) is 90.4 cm³/mol. The minimum absolute atomic E-state index is 0.291. The lowest BCUT2D eigenvalue weighted by atomic mass is 10.1. The second-order valence-corrected chi connectivity index (χ2v) is 6.45. The number of benzene rings is 1. The SMILES string of the molecule is CC(Cc1cccs1)N(C)c1nc(Cl)nc2ccccc12. The zero-order valence-electron chi connectivity index (χ0n) is 12.0. The molecule has 0 fully saturated rings. The molecule has 0 aliphatic carbocycles. The third-order valence-electron chi connectivity index (χ3n) is 3.63. The van der Waals surface area contributed by atoms with Gasteiger partial charge in [0.2, 0.25) is 5.28 Å². The Labute approximate surface area is 133 Å². The van der Waals surface area contributed by atoms with Crippen LogP contribution in [0.15, 0.2) is 41.8 Å². The zero-order valence-corrected chi connectivity index (χ0v) is 13.5. The summed E-state index contributed by atoms with van der Waals surface area (Å²) in [5.74, 6) is 0.884. The smallest absolute Gasteiger partial charge is 0.224 e. The Morgan fingerprint density at radius 3 is 2.76 bits per heavy atom. The molecule has 2 aromatic heterocycles. The first-order valence-electron chi connectivity index (χ1n) is 6.82. The summed E-state index contributed by atoms with van der Waals surface area (Å²) in [5, 5.41) is 3.43. The molecule has 2 heterocycles. The third-order valence-corrected chi connectivity index (χ3v) is 4.70. The van der Waals surface area contributed by atoms with Gasteiger partial charge in [-0.3, -0.25) is 0 Å². The van der Waals surface area contributed by atoms with Crippen LogP contribution in [0, 0.1) is 0 Å². The molecule has 0 N–H and O–H groups in total. The van der Waals surface area contributed by atoms with Gasteiger partial charge >= 0.3 is 0 Å². The molecule has 108 valence electrons. The lowest BCUT2D eigenvalue weighted by Gasteiger charge is -2.26. The topological polar surface area (TPSA) is 29.0 Å². The van der Waals surface area contributed by atoms with E-state index in [0.717, 1.165) is 23.1 Å². The number of anilines is 1. The first kappa shape index (κ1) is 14.3. The van der Waals surface area contributed by atoms with Gasteiger partial charge in [0.15, 0.2) is 0 Å². The van der Waals surface area contributed by atoms with Crippen molar-refractivity contribution in [1.29, 1.82) is 0 Å². The molecule has 0 aliphatic heterocycles. The molecule has 0 saturated heterocycles. The molecule has 0 aliphatic rings. The van der Waals surface area contributed by atoms with Crippen molar-refractivity contribution in [3.8, 4) is 0 Å². The Morgan fingerprint density at radius 1 is 1.19 bits per heavy atom. The van der Waals surface area contributed by atoms with Gasteiger partial charge in [-0.15, -0.1) is 11.3 Å². The van der Waals surface area contributed by atoms with E-state index in [1.165, 1.54) is 4.88 Å². The van der Waals surface area contributed by atoms with Gasteiger partial charge in [0.05, 0.1) is 5.52 Å². The van der Waals surface area contributed by atoms with Crippen LogP contribution in [0.5, 0.6) is 0 Å². The highest BCUT2D eigenvalue weighted by Gasteiger charge is 2.16. The fourth-order valence-electron chi connectivity index (χ4n) is 2.37. The van der Waals surface area contributed by atoms with Gasteiger partial charge in [0, 0.05) is 29.8 Å². The molecule has 3 nitrogen and oxygen atoms in total. The van der Waals surface area contributed by atoms with E-state index in [2.05, 4.69) is 46.4 Å². The van der Waals surface area contributed by atoms with Crippen molar-refractivity contribution in [3.63, 3.8) is 0 Å². The van der Waals surface area contributed by atoms with Gasteiger partial charge in [-0.25, -0.2) is 4.98 Å². The Morgan fingerprint density at radius 2 is 2.00 bits per heavy atom. The maximum Gasteiger partial charge on any atom is 0.224 e. The number of hydrogen-bond acceptors (Lipinski definition) is 4. The van der Waals surface area contributed by atoms with Gasteiger partial charge in [-0.05, 0) is 42.1 Å². The zero-order chi connectivity index (χ0) is 14.8. The maximum absolute atomic E-state index is 6.07. The molecule has 3 rings (SSSR count). The fourth-order valence-corrected chi connectivity index (χ4v) is 3.36. The van der Waals surface area contributed by atoms with Crippen LogP contribution in [-0.2, 0) is 6.42 Å². The summed E-state index contributed by atoms with van der Waals surface area (Å²) < 4.78 is 0. The molecule has 1 atom stereocenters. The maximum atomic E-state index is 6.07. The first-order chi connectivity index (χ1) is 10.1. The summed E-state index contributed by atoms with van der Waals surface area (Å²) in [6, 6.07) is 12.5. The van der Waals surface area contributed by atoms with Gasteiger partial charge in [-0.2, -0.15) is 4.98 Å². The summed E-state index contributed by atoms with van der Waals surface area (Å²) in [6.07, 6.45) is 0.990. The lowest BCUT2D eigenvalue weighted by molar-refractivity contribution is 0.682. The second kappa shape index (κ2) is 6.00. The number of rotatable bonds is 4. The quantitative estimate of drug-likeness (QED) is 0.667. The molecular weight excluding hydrogens is 302 g/mol. The standard InChI is InChI=1S/C16H16ClN3S/c1-11(10-12-6-5-9-21-12)20(2)15-13-7-3-4-8-14(13)18-16(17)19-15/h3-9,11H,10H2,1-2H3. The first-order valence-corrected chi connectivity index (χ1v) is 8.08. The summed E-state index contributed by atoms with van der Waals surface area (Å²) >= 11 is 7.85. The van der Waals surface area contributed by atoms with Crippen LogP contribution in [0.4, 0.5) is 5.82 Å². The fraction of sp³-hybridized carbons (Fsp3) is 0.250. The molecule has 0 spiro atoms. The lowest BCUT2D eigenvalue weighted by Crippen LogP contribution is -2.31. The van der Waals surface area contributed by atoms with E-state index in [9.17, 15) is 0 Å². The Kier molecular flexibility index (Phi) is 4.08. The third kappa shape index (κ3) is 3.01. The molecule has 0 radical (unpaired) electrons. The normalized spacial score (nSPS) is 12.5. The van der Waals surface area contributed by atoms with Crippen molar-refractivity contribution >= 4 is 39.7 Å². The van der Waals surface area contributed by atoms with Crippen LogP contribution in [0.3, 0.4) is 0 Å². The second-order valence-electron chi connectivity index (χ2n) is 5.08. The Bertz CT molecular complexity index is 742. The van der Waals surface area contributed by atoms with Crippen LogP contribution >= 0.6 is 22.9 Å². The van der Waals surface area contributed by atoms with Crippen molar-refractivity contribution in [1.82, 2.24) is 9.97 Å². The van der Waals surface area contributed by atoms with Gasteiger partial charge < -0.3 is 4.90 Å². The molecule has 21 heavy (non-hydrogen) atoms. The number of nitrogens with zero attached hydrogens (tertiary/aromatic N) is 3. The molecule has 5 heteroatoms. The number of fused-ring (bicyclic) bond motifs is 1. The average molecular weight is 318 g/mol. The molecule has 3 aromatic rings. The van der Waals surface area contributed by atoms with Crippen LogP contribution in [0.25, 0.3) is 10.9 Å². The van der Waals surface area contributed by atoms with E-state index < -0.39 is 0 Å². The van der Waals surface area contributed by atoms with Crippen molar-refractivity contribution in [2.45, 2.75) is 19.4 Å². The van der Waals surface area contributed by atoms with Crippen molar-refractivity contribution in [3.05, 3.63) is 51.9 Å². The number of para-hydroxylation sites is 1. The van der Waals surface area contributed by atoms with Gasteiger partial charge in [0.1, 0.15) is 5.82 Å². The molecule has 0 amide bonds. The summed E-state index contributed by atoms with van der Waals surface area (Å²) in [6.45, 7) is 2.20. The van der Waals surface area contributed by atoms with Crippen LogP contribution in [0.2, 0.25) is 5.28 Å². The number of hydrogen-bond donors (Lipinski definition) is 0. The van der Waals surface area contributed by atoms with Crippen molar-refractivity contribution in [2.75, 3.05) is 11.9 Å². The largest absolute Gasteiger partial charge is 0.356 e. The van der Waals surface area contributed by atoms with E-state index in [1.807, 2.05) is 24.3 Å². The van der Waals surface area contributed by atoms with E-state index >= 15 is 0 Å². The van der Waals surface area contributed by atoms with Crippen LogP contribution in [-0.4, -0.2) is 23.1 Å². The Balaban J connectivity index is 1.95. The summed E-state index contributed by atoms with van der Waals surface area (Å²) in [7, 11) is 2.06. The van der Waals surface area contributed by atoms with Crippen molar-refractivity contribution in [2.24, 2.45) is 0 Å². The summed E-state index contributed by atoms with van der Waals surface area (Å²) in [4.78, 5) is 12.3. The average Bonchev–Trinajstić information content (AvgIpc) is 2.98. The van der Waals surface area contributed by atoms with E-state index in [4.69, 9.17) is 11.6 Å². The van der Waals surface area contributed by atoms with Crippen molar-refractivity contribution < 1.29 is 0 Å². The minimum Gasteiger partial charge on any atom is -0.356 e. The highest BCUT2D eigenvalue weighted by molar-refractivity contribution is 7.09. The highest BCUT2D eigenvalue weighted by Crippen LogP contribution is 2.26. The van der Waals surface area contributed by atoms with Gasteiger partial charge in [0.25, 0.3) is 0 Å². The molecular formula is C16H16ClN3S. The number of likely N-dealkylation sites (N-methyl/N-ethyl adjacent to an activating group) is 1. The van der Waals surface area contributed by atoms with Crippen LogP contribution < -0.4 is 4.90 Å². The predicted octanol–water partition coefficient (Wildman–Crippen LogP) is 4.41. The number of thiophene rings is 1. The number of halogens is 1. The molecule has 0 saturated carbocycles.